The molecule has 0 aromatic rings. The highest BCUT2D eigenvalue weighted by Gasteiger charge is 1.58. The summed E-state index contributed by atoms with van der Waals surface area (Å²) >= 11 is 0. The largest absolute Gasteiger partial charge is 0.412 e. The number of aliphatic hydroxyl groups is 2. The van der Waals surface area contributed by atoms with Crippen LogP contribution in [0.1, 0.15) is 0 Å². The van der Waals surface area contributed by atoms with Crippen LogP contribution < -0.4 is 0 Å². The number of hydrogen-bond donors (Lipinski definition) is 2. The molecule has 4 N–H and O–H groups in total. The first kappa shape index (κ1) is 8.86. The van der Waals surface area contributed by atoms with Gasteiger partial charge in [0.2, 0.25) is 0 Å². The average Bonchev–Trinajstić information content (AvgIpc) is 1.37. The molecule has 0 fully saturated rings. The van der Waals surface area contributed by atoms with Crippen molar-refractivity contribution in [2.45, 2.75) is 0 Å². The van der Waals surface area contributed by atoms with Gasteiger partial charge in [-0.15, -0.1) is 0 Å². The van der Waals surface area contributed by atoms with Crippen LogP contribution in [0.25, 0.3) is 0 Å². The lowest BCUT2D eigenvalue weighted by Gasteiger charge is -1.70. The number of aliphatic hydroxyl groups excluding tert-OH is 2. The van der Waals surface area contributed by atoms with E-state index in [1.807, 2.05) is 0 Å². The van der Waals surface area contributed by atoms with Crippen molar-refractivity contribution in [2.75, 3.05) is 13.2 Å². The first-order chi connectivity index (χ1) is 1.91. The zero-order chi connectivity index (χ0) is 3.41. The van der Waals surface area contributed by atoms with Gasteiger partial charge in [0.25, 0.3) is 0 Å². The third-order valence-electron chi connectivity index (χ3n) is 0.1000. The first-order valence-electron chi connectivity index (χ1n) is 1.13. The van der Waals surface area contributed by atoms with Crippen molar-refractivity contribution in [3.05, 3.63) is 0 Å². The Balaban J connectivity index is 0. The van der Waals surface area contributed by atoms with E-state index in [-0.39, 0.29) is 18.7 Å². The smallest absolute Gasteiger partial charge is 0.0662 e. The fourth-order valence-electron chi connectivity index (χ4n) is 0. The molecule has 0 radical (unpaired) electrons. The quantitative estimate of drug-likeness (QED) is 0.388. The lowest BCUT2D eigenvalue weighted by atomic mass is 10.8. The second-order valence-electron chi connectivity index (χ2n) is 0.447. The molecular weight excluding hydrogens is 72.0 g/mol. The Morgan fingerprint density at radius 2 is 1.20 bits per heavy atom. The van der Waals surface area contributed by atoms with E-state index in [9.17, 15) is 0 Å². The molecule has 3 heteroatoms. The van der Waals surface area contributed by atoms with Gasteiger partial charge in [0.1, 0.15) is 0 Å². The number of hydrogen-bond acceptors (Lipinski definition) is 2. The van der Waals surface area contributed by atoms with Gasteiger partial charge in [0.05, 0.1) is 13.2 Å². The van der Waals surface area contributed by atoms with Gasteiger partial charge in [-0.1, -0.05) is 0 Å². The topological polar surface area (TPSA) is 72.0 Å². The van der Waals surface area contributed by atoms with Crippen molar-refractivity contribution in [3.63, 3.8) is 0 Å². The minimum atomic E-state index is -0.125. The van der Waals surface area contributed by atoms with Crippen molar-refractivity contribution < 1.29 is 15.7 Å². The van der Waals surface area contributed by atoms with Gasteiger partial charge < -0.3 is 15.7 Å². The van der Waals surface area contributed by atoms with Crippen LogP contribution in [0.2, 0.25) is 0 Å². The van der Waals surface area contributed by atoms with Crippen LogP contribution in [-0.2, 0) is 0 Å². The van der Waals surface area contributed by atoms with Crippen molar-refractivity contribution in [3.8, 4) is 0 Å². The Kier molecular flexibility index (Phi) is 16.1. The van der Waals surface area contributed by atoms with Crippen molar-refractivity contribution >= 4 is 0 Å². The van der Waals surface area contributed by atoms with Crippen molar-refractivity contribution in [1.82, 2.24) is 0 Å². The lowest BCUT2D eigenvalue weighted by molar-refractivity contribution is 0.186. The summed E-state index contributed by atoms with van der Waals surface area (Å²) in [7, 11) is 0. The summed E-state index contributed by atoms with van der Waals surface area (Å²) in [6.07, 6.45) is 0. The number of rotatable bonds is 1. The van der Waals surface area contributed by atoms with Gasteiger partial charge in [0.15, 0.2) is 0 Å². The molecule has 0 atom stereocenters. The van der Waals surface area contributed by atoms with Crippen LogP contribution in [0.3, 0.4) is 0 Å². The predicted octanol–water partition coefficient (Wildman–Crippen LogP) is -1.85. The third-order valence-corrected chi connectivity index (χ3v) is 0.1000. The molecule has 0 aromatic heterocycles. The summed E-state index contributed by atoms with van der Waals surface area (Å²) in [5.41, 5.74) is 0. The monoisotopic (exact) mass is 80.0 g/mol. The molecule has 34 valence electrons. The van der Waals surface area contributed by atoms with Crippen LogP contribution in [-0.4, -0.2) is 28.9 Å². The molecule has 0 aliphatic carbocycles. The summed E-state index contributed by atoms with van der Waals surface area (Å²) in [4.78, 5) is 0. The van der Waals surface area contributed by atoms with E-state index >= 15 is 0 Å². The molecule has 0 heterocycles. The molecule has 0 aliphatic rings. The molecular formula is C2H8O3. The normalized spacial score (nSPS) is 6.00. The predicted molar refractivity (Wildman–Crippen MR) is 17.8 cm³/mol. The minimum absolute atomic E-state index is 0. The SMILES string of the molecule is O.OCCO. The van der Waals surface area contributed by atoms with Gasteiger partial charge in [-0.2, -0.15) is 0 Å². The Labute approximate surface area is 30.2 Å². The van der Waals surface area contributed by atoms with Crippen LogP contribution in [0.15, 0.2) is 0 Å². The van der Waals surface area contributed by atoms with E-state index < -0.39 is 0 Å². The molecule has 0 aliphatic heterocycles. The van der Waals surface area contributed by atoms with Gasteiger partial charge in [-0.25, -0.2) is 0 Å². The Morgan fingerprint density at radius 1 is 1.00 bits per heavy atom. The molecule has 0 spiro atoms. The Bertz CT molecular complexity index is 6.85. The second kappa shape index (κ2) is 9.11. The Hall–Kier alpha value is -0.120. The van der Waals surface area contributed by atoms with Crippen molar-refractivity contribution in [1.29, 1.82) is 0 Å². The van der Waals surface area contributed by atoms with Crippen LogP contribution in [0.5, 0.6) is 0 Å². The molecule has 0 saturated heterocycles. The maximum Gasteiger partial charge on any atom is 0.0662 e. The fourth-order valence-corrected chi connectivity index (χ4v) is 0. The van der Waals surface area contributed by atoms with Crippen LogP contribution in [0, 0.1) is 0 Å². The zero-order valence-electron chi connectivity index (χ0n) is 2.81. The highest BCUT2D eigenvalue weighted by Crippen LogP contribution is 1.39. The lowest BCUT2D eigenvalue weighted by Crippen LogP contribution is -1.85. The van der Waals surface area contributed by atoms with E-state index in [1.165, 1.54) is 0 Å². The standard InChI is InChI=1S/C2H6O2.H2O/c3-1-2-4;/h3-4H,1-2H2;1H2. The summed E-state index contributed by atoms with van der Waals surface area (Å²) < 4.78 is 0. The highest BCUT2D eigenvalue weighted by molar-refractivity contribution is 4.06. The fraction of sp³-hybridized carbons (Fsp3) is 1.00. The van der Waals surface area contributed by atoms with E-state index in [0.29, 0.717) is 0 Å². The summed E-state index contributed by atoms with van der Waals surface area (Å²) in [5.74, 6) is 0. The van der Waals surface area contributed by atoms with Gasteiger partial charge in [-0.3, -0.25) is 0 Å². The molecule has 0 rings (SSSR count). The molecule has 0 bridgehead atoms. The van der Waals surface area contributed by atoms with Crippen LogP contribution >= 0.6 is 0 Å². The Morgan fingerprint density at radius 3 is 1.20 bits per heavy atom. The zero-order valence-corrected chi connectivity index (χ0v) is 2.81. The van der Waals surface area contributed by atoms with E-state index in [0.717, 1.165) is 0 Å². The maximum absolute atomic E-state index is 7.62. The summed E-state index contributed by atoms with van der Waals surface area (Å²) in [6.45, 7) is -0.250. The second-order valence-corrected chi connectivity index (χ2v) is 0.447. The summed E-state index contributed by atoms with van der Waals surface area (Å²) in [5, 5.41) is 15.2. The third kappa shape index (κ3) is 17.7. The first-order valence-corrected chi connectivity index (χ1v) is 1.13. The van der Waals surface area contributed by atoms with Gasteiger partial charge in [-0.05, 0) is 0 Å². The van der Waals surface area contributed by atoms with E-state index in [4.69, 9.17) is 10.2 Å². The van der Waals surface area contributed by atoms with E-state index in [2.05, 4.69) is 0 Å². The van der Waals surface area contributed by atoms with Gasteiger partial charge >= 0.3 is 0 Å². The molecule has 0 unspecified atom stereocenters. The molecule has 0 aromatic carbocycles. The average molecular weight is 80.1 g/mol. The highest BCUT2D eigenvalue weighted by atomic mass is 16.3. The molecule has 3 nitrogen and oxygen atoms in total. The summed E-state index contributed by atoms with van der Waals surface area (Å²) in [6, 6.07) is 0. The van der Waals surface area contributed by atoms with E-state index in [1.54, 1.807) is 0 Å². The molecule has 0 saturated carbocycles. The molecule has 5 heavy (non-hydrogen) atoms. The van der Waals surface area contributed by atoms with Crippen molar-refractivity contribution in [2.24, 2.45) is 0 Å². The van der Waals surface area contributed by atoms with Crippen LogP contribution in [0.4, 0.5) is 0 Å². The van der Waals surface area contributed by atoms with Gasteiger partial charge in [0, 0.05) is 0 Å². The minimum Gasteiger partial charge on any atom is -0.412 e. The molecule has 0 amide bonds. The maximum atomic E-state index is 7.62.